The van der Waals surface area contributed by atoms with E-state index >= 15 is 0 Å². The predicted molar refractivity (Wildman–Crippen MR) is 60.5 cm³/mol. The number of aryl methyl sites for hydroxylation is 1. The van der Waals surface area contributed by atoms with Gasteiger partial charge in [0.25, 0.3) is 0 Å². The summed E-state index contributed by atoms with van der Waals surface area (Å²) in [4.78, 5) is 14.8. The van der Waals surface area contributed by atoms with E-state index in [4.69, 9.17) is 14.9 Å². The molecule has 0 spiro atoms. The number of ether oxygens (including phenoxy) is 1. The predicted octanol–water partition coefficient (Wildman–Crippen LogP) is 1.66. The van der Waals surface area contributed by atoms with Crippen LogP contribution in [0.4, 0.5) is 0 Å². The van der Waals surface area contributed by atoms with Crippen molar-refractivity contribution in [3.8, 4) is 5.75 Å². The highest BCUT2D eigenvalue weighted by Gasteiger charge is 2.03. The minimum Gasteiger partial charge on any atom is -0.486 e. The van der Waals surface area contributed by atoms with Crippen molar-refractivity contribution < 1.29 is 13.9 Å². The molecule has 1 aromatic carbocycles. The van der Waals surface area contributed by atoms with Crippen LogP contribution >= 0.6 is 0 Å². The maximum absolute atomic E-state index is 10.9. The number of primary amides is 1. The molecule has 0 fully saturated rings. The molecule has 2 rings (SSSR count). The van der Waals surface area contributed by atoms with Crippen LogP contribution in [0, 0.1) is 6.92 Å². The first-order chi connectivity index (χ1) is 8.15. The van der Waals surface area contributed by atoms with Gasteiger partial charge in [-0.05, 0) is 24.3 Å². The Morgan fingerprint density at radius 3 is 2.65 bits per heavy atom. The highest BCUT2D eigenvalue weighted by molar-refractivity contribution is 5.92. The lowest BCUT2D eigenvalue weighted by molar-refractivity contribution is 0.1000. The van der Waals surface area contributed by atoms with Crippen LogP contribution in [0.15, 0.2) is 34.9 Å². The van der Waals surface area contributed by atoms with Crippen LogP contribution in [0.2, 0.25) is 0 Å². The molecule has 0 bridgehead atoms. The van der Waals surface area contributed by atoms with E-state index in [1.807, 2.05) is 0 Å². The summed E-state index contributed by atoms with van der Waals surface area (Å²) in [5.74, 6) is 1.45. The van der Waals surface area contributed by atoms with Crippen molar-refractivity contribution in [2.75, 3.05) is 0 Å². The smallest absolute Gasteiger partial charge is 0.248 e. The van der Waals surface area contributed by atoms with Crippen LogP contribution < -0.4 is 10.5 Å². The van der Waals surface area contributed by atoms with Crippen molar-refractivity contribution >= 4 is 5.91 Å². The van der Waals surface area contributed by atoms with Crippen LogP contribution in [0.5, 0.6) is 5.75 Å². The fraction of sp³-hybridized carbons (Fsp3) is 0.167. The summed E-state index contributed by atoms with van der Waals surface area (Å²) in [5, 5.41) is 0. The number of oxazole rings is 1. The molecule has 0 saturated carbocycles. The third-order valence-corrected chi connectivity index (χ3v) is 2.19. The zero-order chi connectivity index (χ0) is 12.3. The maximum Gasteiger partial charge on any atom is 0.248 e. The second kappa shape index (κ2) is 4.69. The highest BCUT2D eigenvalue weighted by Crippen LogP contribution is 2.14. The van der Waals surface area contributed by atoms with Crippen molar-refractivity contribution in [3.63, 3.8) is 0 Å². The zero-order valence-corrected chi connectivity index (χ0v) is 9.34. The monoisotopic (exact) mass is 232 g/mol. The van der Waals surface area contributed by atoms with Gasteiger partial charge < -0.3 is 14.9 Å². The molecule has 0 aliphatic heterocycles. The Bertz CT molecular complexity index is 517. The molecule has 1 heterocycles. The van der Waals surface area contributed by atoms with Gasteiger partial charge in [-0.25, -0.2) is 4.98 Å². The molecule has 0 unspecified atom stereocenters. The standard InChI is InChI=1S/C12H12N2O3/c1-8-14-6-11(17-8)7-16-10-4-2-9(3-5-10)12(13)15/h2-6H,7H2,1H3,(H2,13,15). The van der Waals surface area contributed by atoms with Gasteiger partial charge in [0.15, 0.2) is 11.7 Å². The van der Waals surface area contributed by atoms with E-state index in [1.54, 1.807) is 37.4 Å². The summed E-state index contributed by atoms with van der Waals surface area (Å²) >= 11 is 0. The molecule has 88 valence electrons. The Morgan fingerprint density at radius 2 is 2.12 bits per heavy atom. The number of nitrogens with two attached hydrogens (primary N) is 1. The fourth-order valence-electron chi connectivity index (χ4n) is 1.34. The number of benzene rings is 1. The van der Waals surface area contributed by atoms with Gasteiger partial charge in [0.2, 0.25) is 5.91 Å². The molecule has 0 aliphatic carbocycles. The van der Waals surface area contributed by atoms with Gasteiger partial charge in [0.05, 0.1) is 6.20 Å². The van der Waals surface area contributed by atoms with Crippen LogP contribution in [0.3, 0.4) is 0 Å². The third kappa shape index (κ3) is 2.84. The first kappa shape index (κ1) is 11.2. The molecule has 1 amide bonds. The summed E-state index contributed by atoms with van der Waals surface area (Å²) in [7, 11) is 0. The average molecular weight is 232 g/mol. The lowest BCUT2D eigenvalue weighted by Crippen LogP contribution is -2.10. The first-order valence-corrected chi connectivity index (χ1v) is 5.09. The molecule has 2 aromatic rings. The highest BCUT2D eigenvalue weighted by atomic mass is 16.5. The van der Waals surface area contributed by atoms with Crippen molar-refractivity contribution in [3.05, 3.63) is 47.7 Å². The number of carbonyl (C=O) groups excluding carboxylic acids is 1. The van der Waals surface area contributed by atoms with Crippen LogP contribution in [-0.4, -0.2) is 10.9 Å². The molecule has 1 aromatic heterocycles. The second-order valence-corrected chi connectivity index (χ2v) is 3.52. The fourth-order valence-corrected chi connectivity index (χ4v) is 1.34. The van der Waals surface area contributed by atoms with E-state index < -0.39 is 5.91 Å². The average Bonchev–Trinajstić information content (AvgIpc) is 2.73. The Hall–Kier alpha value is -2.30. The van der Waals surface area contributed by atoms with Crippen LogP contribution in [0.25, 0.3) is 0 Å². The number of aromatic nitrogens is 1. The molecular weight excluding hydrogens is 220 g/mol. The van der Waals surface area contributed by atoms with Crippen LogP contribution in [0.1, 0.15) is 22.0 Å². The Balaban J connectivity index is 1.97. The molecule has 5 heteroatoms. The van der Waals surface area contributed by atoms with E-state index in [0.717, 1.165) is 0 Å². The SMILES string of the molecule is Cc1ncc(COc2ccc(C(N)=O)cc2)o1. The number of hydrogen-bond donors (Lipinski definition) is 1. The number of carbonyl (C=O) groups is 1. The van der Waals surface area contributed by atoms with Gasteiger partial charge >= 0.3 is 0 Å². The summed E-state index contributed by atoms with van der Waals surface area (Å²) < 4.78 is 10.7. The summed E-state index contributed by atoms with van der Waals surface area (Å²) in [6, 6.07) is 6.60. The minimum absolute atomic E-state index is 0.302. The maximum atomic E-state index is 10.9. The van der Waals surface area contributed by atoms with Gasteiger partial charge in [-0.3, -0.25) is 4.79 Å². The Labute approximate surface area is 98.2 Å². The number of amides is 1. The summed E-state index contributed by atoms with van der Waals surface area (Å²) in [6.45, 7) is 2.07. The number of hydrogen-bond acceptors (Lipinski definition) is 4. The van der Waals surface area contributed by atoms with Crippen molar-refractivity contribution in [2.24, 2.45) is 5.73 Å². The molecule has 0 atom stereocenters. The van der Waals surface area contributed by atoms with E-state index in [0.29, 0.717) is 29.6 Å². The molecule has 0 saturated heterocycles. The largest absolute Gasteiger partial charge is 0.486 e. The minimum atomic E-state index is -0.456. The van der Waals surface area contributed by atoms with Crippen molar-refractivity contribution in [1.29, 1.82) is 0 Å². The molecule has 5 nitrogen and oxygen atoms in total. The molecule has 0 aliphatic rings. The Morgan fingerprint density at radius 1 is 1.41 bits per heavy atom. The van der Waals surface area contributed by atoms with E-state index in [1.165, 1.54) is 0 Å². The van der Waals surface area contributed by atoms with Crippen molar-refractivity contribution in [1.82, 2.24) is 4.98 Å². The molecular formula is C12H12N2O3. The van der Waals surface area contributed by atoms with Gasteiger partial charge in [0, 0.05) is 12.5 Å². The lowest BCUT2D eigenvalue weighted by atomic mass is 10.2. The molecule has 0 radical (unpaired) electrons. The topological polar surface area (TPSA) is 78.4 Å². The summed E-state index contributed by atoms with van der Waals surface area (Å²) in [6.07, 6.45) is 1.62. The zero-order valence-electron chi connectivity index (χ0n) is 9.34. The van der Waals surface area contributed by atoms with Gasteiger partial charge in [-0.1, -0.05) is 0 Å². The van der Waals surface area contributed by atoms with E-state index in [-0.39, 0.29) is 0 Å². The third-order valence-electron chi connectivity index (χ3n) is 2.19. The van der Waals surface area contributed by atoms with Gasteiger partial charge in [-0.15, -0.1) is 0 Å². The second-order valence-electron chi connectivity index (χ2n) is 3.52. The van der Waals surface area contributed by atoms with Gasteiger partial charge in [0.1, 0.15) is 12.4 Å². The van der Waals surface area contributed by atoms with Crippen LogP contribution in [-0.2, 0) is 6.61 Å². The van der Waals surface area contributed by atoms with E-state index in [2.05, 4.69) is 4.98 Å². The first-order valence-electron chi connectivity index (χ1n) is 5.09. The van der Waals surface area contributed by atoms with E-state index in [9.17, 15) is 4.79 Å². The quantitative estimate of drug-likeness (QED) is 0.869. The normalized spacial score (nSPS) is 10.2. The molecule has 17 heavy (non-hydrogen) atoms. The lowest BCUT2D eigenvalue weighted by Gasteiger charge is -2.04. The Kier molecular flexibility index (Phi) is 3.09. The number of nitrogens with zero attached hydrogens (tertiary/aromatic N) is 1. The van der Waals surface area contributed by atoms with Crippen molar-refractivity contribution in [2.45, 2.75) is 13.5 Å². The summed E-state index contributed by atoms with van der Waals surface area (Å²) in [5.41, 5.74) is 5.58. The van der Waals surface area contributed by atoms with Gasteiger partial charge in [-0.2, -0.15) is 0 Å². The number of rotatable bonds is 4. The molecule has 2 N–H and O–H groups in total.